The highest BCUT2D eigenvalue weighted by atomic mass is 35.5. The molecule has 0 bridgehead atoms. The van der Waals surface area contributed by atoms with Crippen LogP contribution in [0.1, 0.15) is 5.56 Å². The lowest BCUT2D eigenvalue weighted by molar-refractivity contribution is -0.115. The third-order valence-corrected chi connectivity index (χ3v) is 5.61. The van der Waals surface area contributed by atoms with Crippen molar-refractivity contribution in [1.82, 2.24) is 0 Å². The Morgan fingerprint density at radius 3 is 2.44 bits per heavy atom. The van der Waals surface area contributed by atoms with Crippen LogP contribution in [0.25, 0.3) is 32.9 Å². The second kappa shape index (κ2) is 8.33. The van der Waals surface area contributed by atoms with E-state index in [4.69, 9.17) is 16.0 Å². The summed E-state index contributed by atoms with van der Waals surface area (Å²) in [5.74, 6) is -0.142. The zero-order chi connectivity index (χ0) is 22.1. The molecule has 4 nitrogen and oxygen atoms in total. The molecule has 0 aliphatic carbocycles. The number of nitrogens with one attached hydrogen (secondary N) is 1. The SMILES string of the molecule is O=C(Cc1ccccc1)Nc1oc2ccc(Cl)cc2c(=O)c1-c1cccc2ccccc12. The van der Waals surface area contributed by atoms with Crippen molar-refractivity contribution in [2.75, 3.05) is 5.32 Å². The van der Waals surface area contributed by atoms with E-state index in [0.29, 0.717) is 27.1 Å². The van der Waals surface area contributed by atoms with Gasteiger partial charge < -0.3 is 4.42 Å². The quantitative estimate of drug-likeness (QED) is 0.350. The number of anilines is 1. The fourth-order valence-corrected chi connectivity index (χ4v) is 4.07. The Bertz CT molecular complexity index is 1520. The van der Waals surface area contributed by atoms with Gasteiger partial charge in [-0.2, -0.15) is 0 Å². The minimum absolute atomic E-state index is 0.127. The van der Waals surface area contributed by atoms with Gasteiger partial charge in [0, 0.05) is 5.02 Å². The summed E-state index contributed by atoms with van der Waals surface area (Å²) in [6.45, 7) is 0. The summed E-state index contributed by atoms with van der Waals surface area (Å²) in [6.07, 6.45) is 0.165. The van der Waals surface area contributed by atoms with Crippen LogP contribution in [-0.2, 0) is 11.2 Å². The molecule has 0 aliphatic heterocycles. The van der Waals surface area contributed by atoms with Crippen LogP contribution >= 0.6 is 11.6 Å². The molecular weight excluding hydrogens is 422 g/mol. The molecular formula is C27H18ClNO3. The van der Waals surface area contributed by atoms with E-state index in [1.165, 1.54) is 0 Å². The third kappa shape index (κ3) is 3.77. The van der Waals surface area contributed by atoms with Crippen LogP contribution in [-0.4, -0.2) is 5.91 Å². The highest BCUT2D eigenvalue weighted by Crippen LogP contribution is 2.34. The number of amides is 1. The number of carbonyl (C=O) groups is 1. The predicted molar refractivity (Wildman–Crippen MR) is 129 cm³/mol. The highest BCUT2D eigenvalue weighted by Gasteiger charge is 2.20. The fraction of sp³-hybridized carbons (Fsp3) is 0.0370. The molecule has 32 heavy (non-hydrogen) atoms. The van der Waals surface area contributed by atoms with Gasteiger partial charge in [-0.15, -0.1) is 0 Å². The minimum atomic E-state index is -0.269. The molecule has 0 fully saturated rings. The number of benzene rings is 4. The lowest BCUT2D eigenvalue weighted by Crippen LogP contribution is -2.18. The average Bonchev–Trinajstić information content (AvgIpc) is 2.80. The van der Waals surface area contributed by atoms with Gasteiger partial charge in [0.05, 0.1) is 17.4 Å². The van der Waals surface area contributed by atoms with Gasteiger partial charge in [0.1, 0.15) is 5.58 Å². The van der Waals surface area contributed by atoms with Crippen molar-refractivity contribution in [3.8, 4) is 11.1 Å². The van der Waals surface area contributed by atoms with Crippen molar-refractivity contribution in [3.63, 3.8) is 0 Å². The second-order valence-corrected chi connectivity index (χ2v) is 7.95. The molecule has 0 saturated heterocycles. The molecule has 5 aromatic rings. The third-order valence-electron chi connectivity index (χ3n) is 5.37. The molecule has 0 atom stereocenters. The molecule has 5 rings (SSSR count). The zero-order valence-corrected chi connectivity index (χ0v) is 17.7. The highest BCUT2D eigenvalue weighted by molar-refractivity contribution is 6.31. The normalized spacial score (nSPS) is 11.0. The summed E-state index contributed by atoms with van der Waals surface area (Å²) in [7, 11) is 0. The van der Waals surface area contributed by atoms with E-state index in [0.717, 1.165) is 16.3 Å². The van der Waals surface area contributed by atoms with Gasteiger partial charge in [-0.1, -0.05) is 84.4 Å². The topological polar surface area (TPSA) is 59.3 Å². The molecule has 0 spiro atoms. The lowest BCUT2D eigenvalue weighted by Gasteiger charge is -2.13. The smallest absolute Gasteiger partial charge is 0.231 e. The summed E-state index contributed by atoms with van der Waals surface area (Å²) in [4.78, 5) is 26.5. The maximum Gasteiger partial charge on any atom is 0.231 e. The van der Waals surface area contributed by atoms with Gasteiger partial charge in [-0.3, -0.25) is 14.9 Å². The molecule has 5 heteroatoms. The van der Waals surface area contributed by atoms with Crippen LogP contribution in [0.2, 0.25) is 5.02 Å². The van der Waals surface area contributed by atoms with Crippen molar-refractivity contribution in [3.05, 3.63) is 112 Å². The van der Waals surface area contributed by atoms with Crippen molar-refractivity contribution in [1.29, 1.82) is 0 Å². The first kappa shape index (κ1) is 20.0. The molecule has 0 saturated carbocycles. The van der Waals surface area contributed by atoms with E-state index in [-0.39, 0.29) is 23.6 Å². The van der Waals surface area contributed by atoms with Gasteiger partial charge in [0.15, 0.2) is 0 Å². The standard InChI is InChI=1S/C27H18ClNO3/c28-19-13-14-23-22(16-19)26(31)25(21-12-6-10-18-9-4-5-11-20(18)21)27(32-23)29-24(30)15-17-7-2-1-3-8-17/h1-14,16H,15H2,(H,29,30). The Morgan fingerprint density at radius 1 is 0.844 bits per heavy atom. The number of hydrogen-bond acceptors (Lipinski definition) is 3. The average molecular weight is 440 g/mol. The predicted octanol–water partition coefficient (Wildman–Crippen LogP) is 6.45. The van der Waals surface area contributed by atoms with Gasteiger partial charge in [0.25, 0.3) is 0 Å². The van der Waals surface area contributed by atoms with E-state index >= 15 is 0 Å². The first-order valence-corrected chi connectivity index (χ1v) is 10.6. The molecule has 1 heterocycles. The van der Waals surface area contributed by atoms with Crippen molar-refractivity contribution < 1.29 is 9.21 Å². The van der Waals surface area contributed by atoms with Crippen molar-refractivity contribution in [2.24, 2.45) is 0 Å². The summed E-state index contributed by atoms with van der Waals surface area (Å²) in [5.41, 5.74) is 1.97. The number of carbonyl (C=O) groups excluding carboxylic acids is 1. The van der Waals surface area contributed by atoms with E-state index in [1.807, 2.05) is 72.8 Å². The van der Waals surface area contributed by atoms with Crippen LogP contribution < -0.4 is 10.7 Å². The minimum Gasteiger partial charge on any atom is -0.439 e. The maximum atomic E-state index is 13.6. The number of hydrogen-bond donors (Lipinski definition) is 1. The Hall–Kier alpha value is -3.89. The summed E-state index contributed by atoms with van der Waals surface area (Å²) < 4.78 is 6.05. The zero-order valence-electron chi connectivity index (χ0n) is 17.0. The van der Waals surface area contributed by atoms with E-state index < -0.39 is 0 Å². The van der Waals surface area contributed by atoms with E-state index in [1.54, 1.807) is 18.2 Å². The second-order valence-electron chi connectivity index (χ2n) is 7.51. The van der Waals surface area contributed by atoms with Gasteiger partial charge in [-0.05, 0) is 40.1 Å². The van der Waals surface area contributed by atoms with Gasteiger partial charge in [-0.25, -0.2) is 0 Å². The van der Waals surface area contributed by atoms with Crippen LogP contribution in [0, 0.1) is 0 Å². The maximum absolute atomic E-state index is 13.6. The Labute approximate surface area is 189 Å². The molecule has 1 amide bonds. The molecule has 0 radical (unpaired) electrons. The van der Waals surface area contributed by atoms with E-state index in [2.05, 4.69) is 5.32 Å². The van der Waals surface area contributed by atoms with Gasteiger partial charge in [0.2, 0.25) is 17.2 Å². The molecule has 156 valence electrons. The fourth-order valence-electron chi connectivity index (χ4n) is 3.90. The van der Waals surface area contributed by atoms with Crippen molar-refractivity contribution >= 4 is 45.1 Å². The number of fused-ring (bicyclic) bond motifs is 2. The number of rotatable bonds is 4. The summed E-state index contributed by atoms with van der Waals surface area (Å²) in [5, 5.41) is 5.51. The van der Waals surface area contributed by atoms with Crippen LogP contribution in [0.4, 0.5) is 5.88 Å². The molecule has 1 aromatic heterocycles. The van der Waals surface area contributed by atoms with Crippen LogP contribution in [0.5, 0.6) is 0 Å². The summed E-state index contributed by atoms with van der Waals surface area (Å²) >= 11 is 6.15. The van der Waals surface area contributed by atoms with Gasteiger partial charge >= 0.3 is 0 Å². The van der Waals surface area contributed by atoms with Crippen molar-refractivity contribution in [2.45, 2.75) is 6.42 Å². The van der Waals surface area contributed by atoms with E-state index in [9.17, 15) is 9.59 Å². The molecule has 4 aromatic carbocycles. The molecule has 0 unspecified atom stereocenters. The lowest BCUT2D eigenvalue weighted by atomic mass is 9.97. The van der Waals surface area contributed by atoms with Crippen LogP contribution in [0.15, 0.2) is 100 Å². The number of halogens is 1. The Kier molecular flexibility index (Phi) is 5.21. The Morgan fingerprint density at radius 2 is 1.59 bits per heavy atom. The first-order chi connectivity index (χ1) is 15.6. The molecule has 1 N–H and O–H groups in total. The Balaban J connectivity index is 1.70. The largest absolute Gasteiger partial charge is 0.439 e. The summed E-state index contributed by atoms with van der Waals surface area (Å²) in [6, 6.07) is 27.8. The van der Waals surface area contributed by atoms with Crippen LogP contribution in [0.3, 0.4) is 0 Å². The first-order valence-electron chi connectivity index (χ1n) is 10.2. The monoisotopic (exact) mass is 439 g/mol. The molecule has 0 aliphatic rings.